The van der Waals surface area contributed by atoms with E-state index in [0.717, 1.165) is 12.8 Å². The van der Waals surface area contributed by atoms with Gasteiger partial charge in [-0.05, 0) is 38.3 Å². The number of hydrogen-bond acceptors (Lipinski definition) is 3. The molecule has 1 aromatic rings. The van der Waals surface area contributed by atoms with Gasteiger partial charge in [-0.3, -0.25) is 0 Å². The van der Waals surface area contributed by atoms with Crippen molar-refractivity contribution < 1.29 is 0 Å². The second-order valence-corrected chi connectivity index (χ2v) is 4.39. The summed E-state index contributed by atoms with van der Waals surface area (Å²) in [6.07, 6.45) is 2.19. The zero-order valence-corrected chi connectivity index (χ0v) is 9.10. The van der Waals surface area contributed by atoms with Crippen LogP contribution in [0.5, 0.6) is 0 Å². The van der Waals surface area contributed by atoms with Crippen LogP contribution in [0.15, 0.2) is 17.5 Å². The molecule has 3 N–H and O–H groups in total. The van der Waals surface area contributed by atoms with Crippen LogP contribution in [0.25, 0.3) is 0 Å². The molecule has 0 amide bonds. The maximum absolute atomic E-state index is 5.72. The Morgan fingerprint density at radius 3 is 2.77 bits per heavy atom. The summed E-state index contributed by atoms with van der Waals surface area (Å²) in [6.45, 7) is 2.06. The smallest absolute Gasteiger partial charge is 0.0412 e. The Kier molecular flexibility index (Phi) is 4.42. The topological polar surface area (TPSA) is 38.0 Å². The van der Waals surface area contributed by atoms with E-state index >= 15 is 0 Å². The van der Waals surface area contributed by atoms with Crippen molar-refractivity contribution >= 4 is 11.3 Å². The molecule has 3 heteroatoms. The van der Waals surface area contributed by atoms with Crippen LogP contribution in [0.1, 0.15) is 30.7 Å². The first kappa shape index (κ1) is 10.7. The van der Waals surface area contributed by atoms with Crippen molar-refractivity contribution in [2.75, 3.05) is 7.05 Å². The summed E-state index contributed by atoms with van der Waals surface area (Å²) in [6, 6.07) is 5.05. The van der Waals surface area contributed by atoms with Gasteiger partial charge in [-0.1, -0.05) is 6.07 Å². The quantitative estimate of drug-likeness (QED) is 0.760. The SMILES string of the molecule is CNC(CCC(C)N)c1cccs1. The van der Waals surface area contributed by atoms with E-state index in [2.05, 4.69) is 29.8 Å². The first-order valence-electron chi connectivity index (χ1n) is 4.70. The molecular weight excluding hydrogens is 180 g/mol. The summed E-state index contributed by atoms with van der Waals surface area (Å²) in [4.78, 5) is 1.41. The minimum absolute atomic E-state index is 0.302. The summed E-state index contributed by atoms with van der Waals surface area (Å²) in [5.41, 5.74) is 5.72. The van der Waals surface area contributed by atoms with Crippen LogP contribution in [0, 0.1) is 0 Å². The molecule has 0 saturated heterocycles. The monoisotopic (exact) mass is 198 g/mol. The Bertz CT molecular complexity index is 219. The lowest BCUT2D eigenvalue weighted by Gasteiger charge is -2.15. The maximum atomic E-state index is 5.72. The Labute approximate surface area is 84.2 Å². The van der Waals surface area contributed by atoms with Crippen molar-refractivity contribution in [3.05, 3.63) is 22.4 Å². The summed E-state index contributed by atoms with van der Waals surface area (Å²) < 4.78 is 0. The number of thiophene rings is 1. The van der Waals surface area contributed by atoms with E-state index in [4.69, 9.17) is 5.73 Å². The van der Waals surface area contributed by atoms with E-state index in [-0.39, 0.29) is 0 Å². The van der Waals surface area contributed by atoms with Gasteiger partial charge in [-0.25, -0.2) is 0 Å². The molecule has 0 bridgehead atoms. The van der Waals surface area contributed by atoms with Gasteiger partial charge < -0.3 is 11.1 Å². The van der Waals surface area contributed by atoms with Crippen molar-refractivity contribution in [1.82, 2.24) is 5.32 Å². The van der Waals surface area contributed by atoms with Crippen molar-refractivity contribution in [2.45, 2.75) is 31.8 Å². The van der Waals surface area contributed by atoms with Crippen LogP contribution in [0.3, 0.4) is 0 Å². The van der Waals surface area contributed by atoms with Gasteiger partial charge in [-0.15, -0.1) is 11.3 Å². The maximum Gasteiger partial charge on any atom is 0.0412 e. The standard InChI is InChI=1S/C10H18N2S/c1-8(11)5-6-9(12-2)10-4-3-7-13-10/h3-4,7-9,12H,5-6,11H2,1-2H3. The van der Waals surface area contributed by atoms with E-state index in [0.29, 0.717) is 12.1 Å². The summed E-state index contributed by atoms with van der Waals surface area (Å²) >= 11 is 1.80. The van der Waals surface area contributed by atoms with Gasteiger partial charge in [0.25, 0.3) is 0 Å². The van der Waals surface area contributed by atoms with Crippen LogP contribution < -0.4 is 11.1 Å². The lowest BCUT2D eigenvalue weighted by Crippen LogP contribution is -2.20. The van der Waals surface area contributed by atoms with Crippen molar-refractivity contribution in [3.63, 3.8) is 0 Å². The molecule has 74 valence electrons. The van der Waals surface area contributed by atoms with Crippen molar-refractivity contribution in [3.8, 4) is 0 Å². The highest BCUT2D eigenvalue weighted by Gasteiger charge is 2.10. The lowest BCUT2D eigenvalue weighted by atomic mass is 10.1. The molecule has 0 spiro atoms. The molecule has 13 heavy (non-hydrogen) atoms. The van der Waals surface area contributed by atoms with Crippen molar-refractivity contribution in [2.24, 2.45) is 5.73 Å². The second-order valence-electron chi connectivity index (χ2n) is 3.41. The van der Waals surface area contributed by atoms with Crippen LogP contribution in [-0.2, 0) is 0 Å². The molecule has 2 unspecified atom stereocenters. The van der Waals surface area contributed by atoms with E-state index in [1.165, 1.54) is 4.88 Å². The highest BCUT2D eigenvalue weighted by Crippen LogP contribution is 2.22. The van der Waals surface area contributed by atoms with Gasteiger partial charge in [0.05, 0.1) is 0 Å². The average Bonchev–Trinajstić information content (AvgIpc) is 2.58. The van der Waals surface area contributed by atoms with Gasteiger partial charge in [0.15, 0.2) is 0 Å². The minimum atomic E-state index is 0.302. The minimum Gasteiger partial charge on any atom is -0.328 e. The van der Waals surface area contributed by atoms with Gasteiger partial charge in [0.1, 0.15) is 0 Å². The zero-order chi connectivity index (χ0) is 9.68. The normalized spacial score (nSPS) is 15.6. The fourth-order valence-corrected chi connectivity index (χ4v) is 2.22. The van der Waals surface area contributed by atoms with E-state index < -0.39 is 0 Å². The molecule has 0 fully saturated rings. The molecule has 1 heterocycles. The van der Waals surface area contributed by atoms with E-state index in [9.17, 15) is 0 Å². The van der Waals surface area contributed by atoms with Crippen LogP contribution in [-0.4, -0.2) is 13.1 Å². The third-order valence-electron chi connectivity index (χ3n) is 2.15. The summed E-state index contributed by atoms with van der Waals surface area (Å²) in [7, 11) is 2.01. The van der Waals surface area contributed by atoms with Crippen LogP contribution in [0.4, 0.5) is 0 Å². The zero-order valence-electron chi connectivity index (χ0n) is 8.29. The fraction of sp³-hybridized carbons (Fsp3) is 0.600. The molecule has 1 aromatic heterocycles. The predicted octanol–water partition coefficient (Wildman–Crippen LogP) is 2.14. The Morgan fingerprint density at radius 1 is 1.54 bits per heavy atom. The van der Waals surface area contributed by atoms with E-state index in [1.807, 2.05) is 7.05 Å². The number of hydrogen-bond donors (Lipinski definition) is 2. The summed E-state index contributed by atoms with van der Waals surface area (Å²) in [5.74, 6) is 0. The molecule has 2 atom stereocenters. The van der Waals surface area contributed by atoms with Gasteiger partial charge in [0.2, 0.25) is 0 Å². The number of nitrogens with two attached hydrogens (primary N) is 1. The molecule has 2 nitrogen and oxygen atoms in total. The Hall–Kier alpha value is -0.380. The lowest BCUT2D eigenvalue weighted by molar-refractivity contribution is 0.502. The van der Waals surface area contributed by atoms with Crippen molar-refractivity contribution in [1.29, 1.82) is 0 Å². The van der Waals surface area contributed by atoms with Gasteiger partial charge in [-0.2, -0.15) is 0 Å². The Morgan fingerprint density at radius 2 is 2.31 bits per heavy atom. The largest absolute Gasteiger partial charge is 0.328 e. The molecular formula is C10H18N2S. The van der Waals surface area contributed by atoms with Crippen LogP contribution in [0.2, 0.25) is 0 Å². The summed E-state index contributed by atoms with van der Waals surface area (Å²) in [5, 5.41) is 5.43. The molecule has 0 aliphatic heterocycles. The first-order chi connectivity index (χ1) is 6.24. The van der Waals surface area contributed by atoms with E-state index in [1.54, 1.807) is 11.3 Å². The molecule has 0 aliphatic carbocycles. The number of nitrogens with one attached hydrogen (secondary N) is 1. The molecule has 0 radical (unpaired) electrons. The third-order valence-corrected chi connectivity index (χ3v) is 3.13. The highest BCUT2D eigenvalue weighted by atomic mass is 32.1. The third kappa shape index (κ3) is 3.46. The highest BCUT2D eigenvalue weighted by molar-refractivity contribution is 7.10. The van der Waals surface area contributed by atoms with Gasteiger partial charge in [0, 0.05) is 17.0 Å². The average molecular weight is 198 g/mol. The molecule has 0 aromatic carbocycles. The van der Waals surface area contributed by atoms with Gasteiger partial charge >= 0.3 is 0 Å². The van der Waals surface area contributed by atoms with Crippen LogP contribution >= 0.6 is 11.3 Å². The fourth-order valence-electron chi connectivity index (χ4n) is 1.35. The molecule has 0 aliphatic rings. The predicted molar refractivity (Wildman–Crippen MR) is 59.0 cm³/mol. The molecule has 1 rings (SSSR count). The molecule has 0 saturated carbocycles. The Balaban J connectivity index is 2.44. The number of rotatable bonds is 5. The second kappa shape index (κ2) is 5.37. The first-order valence-corrected chi connectivity index (χ1v) is 5.58.